The first kappa shape index (κ1) is 18.2. The SMILES string of the molecule is CC(=O)N1CC=C(c2ccc(NC(=O)N3Cc4ccc(F)cc4C3)cc2)CC1. The topological polar surface area (TPSA) is 52.7 Å². The number of fused-ring (bicyclic) bond motifs is 1. The summed E-state index contributed by atoms with van der Waals surface area (Å²) in [6, 6.07) is 12.2. The lowest BCUT2D eigenvalue weighted by Crippen LogP contribution is -2.32. The lowest BCUT2D eigenvalue weighted by Gasteiger charge is -2.25. The molecular weight excluding hydrogens is 357 g/mol. The number of amides is 3. The minimum atomic E-state index is -0.278. The van der Waals surface area contributed by atoms with E-state index < -0.39 is 0 Å². The van der Waals surface area contributed by atoms with Gasteiger partial charge in [0.25, 0.3) is 0 Å². The number of benzene rings is 2. The van der Waals surface area contributed by atoms with Crippen LogP contribution in [-0.2, 0) is 17.9 Å². The van der Waals surface area contributed by atoms with E-state index in [9.17, 15) is 14.0 Å². The molecule has 4 rings (SSSR count). The molecule has 0 saturated carbocycles. The Bertz CT molecular complexity index is 953. The number of nitrogens with one attached hydrogen (secondary N) is 1. The Morgan fingerprint density at radius 1 is 1.00 bits per heavy atom. The van der Waals surface area contributed by atoms with Crippen LogP contribution in [0.15, 0.2) is 48.5 Å². The highest BCUT2D eigenvalue weighted by molar-refractivity contribution is 5.90. The fourth-order valence-corrected chi connectivity index (χ4v) is 3.69. The Kier molecular flexibility index (Phi) is 4.86. The second-order valence-corrected chi connectivity index (χ2v) is 7.22. The minimum Gasteiger partial charge on any atom is -0.339 e. The first-order valence-corrected chi connectivity index (χ1v) is 9.38. The van der Waals surface area contributed by atoms with E-state index in [0.29, 0.717) is 19.6 Å². The fourth-order valence-electron chi connectivity index (χ4n) is 3.69. The van der Waals surface area contributed by atoms with Gasteiger partial charge in [0.2, 0.25) is 5.91 Å². The highest BCUT2D eigenvalue weighted by Gasteiger charge is 2.23. The Hall–Kier alpha value is -3.15. The van der Waals surface area contributed by atoms with Gasteiger partial charge in [0, 0.05) is 38.8 Å². The van der Waals surface area contributed by atoms with E-state index in [-0.39, 0.29) is 17.8 Å². The summed E-state index contributed by atoms with van der Waals surface area (Å²) in [5.41, 5.74) is 4.88. The molecule has 1 N–H and O–H groups in total. The zero-order valence-electron chi connectivity index (χ0n) is 15.7. The van der Waals surface area contributed by atoms with Gasteiger partial charge in [-0.2, -0.15) is 0 Å². The van der Waals surface area contributed by atoms with Crippen molar-refractivity contribution in [1.29, 1.82) is 0 Å². The maximum Gasteiger partial charge on any atom is 0.322 e. The number of rotatable bonds is 2. The van der Waals surface area contributed by atoms with Crippen LogP contribution in [0.1, 0.15) is 30.0 Å². The van der Waals surface area contributed by atoms with Gasteiger partial charge in [-0.3, -0.25) is 4.79 Å². The van der Waals surface area contributed by atoms with Gasteiger partial charge >= 0.3 is 6.03 Å². The van der Waals surface area contributed by atoms with Crippen LogP contribution in [0, 0.1) is 5.82 Å². The van der Waals surface area contributed by atoms with Gasteiger partial charge in [-0.05, 0) is 52.9 Å². The van der Waals surface area contributed by atoms with Crippen LogP contribution in [0.5, 0.6) is 0 Å². The summed E-state index contributed by atoms with van der Waals surface area (Å²) >= 11 is 0. The molecule has 6 heteroatoms. The van der Waals surface area contributed by atoms with Crippen molar-refractivity contribution in [2.75, 3.05) is 18.4 Å². The molecule has 2 aliphatic rings. The molecule has 2 aromatic carbocycles. The minimum absolute atomic E-state index is 0.0974. The largest absolute Gasteiger partial charge is 0.339 e. The molecule has 0 unspecified atom stereocenters. The number of urea groups is 1. The normalized spacial score (nSPS) is 15.9. The molecular formula is C22H22FN3O2. The van der Waals surface area contributed by atoms with E-state index in [1.54, 1.807) is 17.9 Å². The lowest BCUT2D eigenvalue weighted by atomic mass is 9.99. The molecule has 0 spiro atoms. The van der Waals surface area contributed by atoms with Crippen LogP contribution in [0.4, 0.5) is 14.9 Å². The van der Waals surface area contributed by atoms with Crippen LogP contribution in [-0.4, -0.2) is 34.8 Å². The standard InChI is InChI=1S/C22H22FN3O2/c1-15(27)25-10-8-17(9-11-25)16-3-6-21(7-4-16)24-22(28)26-13-18-2-5-20(23)12-19(18)14-26/h2-8,12H,9-11,13-14H2,1H3,(H,24,28). The summed E-state index contributed by atoms with van der Waals surface area (Å²) in [4.78, 5) is 27.4. The molecule has 2 aliphatic heterocycles. The molecule has 0 aromatic heterocycles. The molecule has 28 heavy (non-hydrogen) atoms. The lowest BCUT2D eigenvalue weighted by molar-refractivity contribution is -0.128. The Labute approximate surface area is 163 Å². The summed E-state index contributed by atoms with van der Waals surface area (Å²) in [7, 11) is 0. The molecule has 5 nitrogen and oxygen atoms in total. The Balaban J connectivity index is 1.37. The molecule has 3 amide bonds. The smallest absolute Gasteiger partial charge is 0.322 e. The molecule has 144 valence electrons. The van der Waals surface area contributed by atoms with Crippen molar-refractivity contribution in [3.8, 4) is 0 Å². The molecule has 0 saturated heterocycles. The third-order valence-electron chi connectivity index (χ3n) is 5.34. The van der Waals surface area contributed by atoms with Crippen LogP contribution in [0.25, 0.3) is 5.57 Å². The average molecular weight is 379 g/mol. The van der Waals surface area contributed by atoms with Gasteiger partial charge in [-0.15, -0.1) is 0 Å². The van der Waals surface area contributed by atoms with Crippen LogP contribution < -0.4 is 5.32 Å². The van der Waals surface area contributed by atoms with Crippen molar-refractivity contribution < 1.29 is 14.0 Å². The van der Waals surface area contributed by atoms with E-state index in [0.717, 1.165) is 35.3 Å². The van der Waals surface area contributed by atoms with E-state index >= 15 is 0 Å². The van der Waals surface area contributed by atoms with Crippen LogP contribution >= 0.6 is 0 Å². The number of anilines is 1. The molecule has 0 radical (unpaired) electrons. The van der Waals surface area contributed by atoms with Crippen molar-refractivity contribution in [3.05, 3.63) is 71.0 Å². The Morgan fingerprint density at radius 2 is 1.75 bits per heavy atom. The van der Waals surface area contributed by atoms with Gasteiger partial charge in [0.1, 0.15) is 5.82 Å². The van der Waals surface area contributed by atoms with Crippen molar-refractivity contribution in [1.82, 2.24) is 9.80 Å². The fraction of sp³-hybridized carbons (Fsp3) is 0.273. The number of carbonyl (C=O) groups excluding carboxylic acids is 2. The summed E-state index contributed by atoms with van der Waals surface area (Å²) in [5.74, 6) is -0.180. The molecule has 0 aliphatic carbocycles. The summed E-state index contributed by atoms with van der Waals surface area (Å²) < 4.78 is 13.3. The average Bonchev–Trinajstić information content (AvgIpc) is 3.12. The van der Waals surface area contributed by atoms with Crippen LogP contribution in [0.2, 0.25) is 0 Å². The summed E-state index contributed by atoms with van der Waals surface area (Å²) in [5, 5.41) is 2.91. The van der Waals surface area contributed by atoms with Gasteiger partial charge in [0.05, 0.1) is 0 Å². The second-order valence-electron chi connectivity index (χ2n) is 7.22. The second kappa shape index (κ2) is 7.46. The molecule has 0 atom stereocenters. The third kappa shape index (κ3) is 3.76. The van der Waals surface area contributed by atoms with Gasteiger partial charge in [-0.25, -0.2) is 9.18 Å². The number of carbonyl (C=O) groups is 2. The first-order chi connectivity index (χ1) is 13.5. The third-order valence-corrected chi connectivity index (χ3v) is 5.34. The Morgan fingerprint density at radius 3 is 2.43 bits per heavy atom. The maximum absolute atomic E-state index is 13.3. The van der Waals surface area contributed by atoms with Crippen molar-refractivity contribution in [2.45, 2.75) is 26.4 Å². The number of halogens is 1. The summed E-state index contributed by atoms with van der Waals surface area (Å²) in [6.45, 7) is 3.86. The predicted molar refractivity (Wildman–Crippen MR) is 106 cm³/mol. The first-order valence-electron chi connectivity index (χ1n) is 9.38. The van der Waals surface area contributed by atoms with Crippen molar-refractivity contribution >= 4 is 23.2 Å². The zero-order valence-corrected chi connectivity index (χ0v) is 15.7. The van der Waals surface area contributed by atoms with Crippen molar-refractivity contribution in [2.24, 2.45) is 0 Å². The summed E-state index contributed by atoms with van der Waals surface area (Å²) in [6.07, 6.45) is 2.91. The zero-order chi connectivity index (χ0) is 19.7. The van der Waals surface area contributed by atoms with E-state index in [1.165, 1.54) is 17.7 Å². The number of hydrogen-bond donors (Lipinski definition) is 1. The van der Waals surface area contributed by atoms with Gasteiger partial charge in [0.15, 0.2) is 0 Å². The van der Waals surface area contributed by atoms with E-state index in [1.807, 2.05) is 29.2 Å². The molecule has 2 aromatic rings. The highest BCUT2D eigenvalue weighted by Crippen LogP contribution is 2.26. The quantitative estimate of drug-likeness (QED) is 0.857. The maximum atomic E-state index is 13.3. The van der Waals surface area contributed by atoms with Crippen molar-refractivity contribution in [3.63, 3.8) is 0 Å². The molecule has 0 fully saturated rings. The van der Waals surface area contributed by atoms with E-state index in [4.69, 9.17) is 0 Å². The monoisotopic (exact) mass is 379 g/mol. The highest BCUT2D eigenvalue weighted by atomic mass is 19.1. The number of nitrogens with zero attached hydrogens (tertiary/aromatic N) is 2. The predicted octanol–water partition coefficient (Wildman–Crippen LogP) is 4.01. The number of hydrogen-bond acceptors (Lipinski definition) is 2. The van der Waals surface area contributed by atoms with Crippen LogP contribution in [0.3, 0.4) is 0 Å². The molecule has 0 bridgehead atoms. The van der Waals surface area contributed by atoms with Gasteiger partial charge in [-0.1, -0.05) is 24.3 Å². The molecule has 2 heterocycles. The van der Waals surface area contributed by atoms with Gasteiger partial charge < -0.3 is 15.1 Å². The van der Waals surface area contributed by atoms with E-state index in [2.05, 4.69) is 11.4 Å².